The van der Waals surface area contributed by atoms with Gasteiger partial charge in [0.1, 0.15) is 36.2 Å². The summed E-state index contributed by atoms with van der Waals surface area (Å²) < 4.78 is 11.9. The van der Waals surface area contributed by atoms with Crippen molar-refractivity contribution in [1.82, 2.24) is 15.6 Å². The van der Waals surface area contributed by atoms with E-state index in [-0.39, 0.29) is 23.0 Å². The van der Waals surface area contributed by atoms with Crippen LogP contribution in [0.4, 0.5) is 0 Å². The second kappa shape index (κ2) is 13.6. The highest BCUT2D eigenvalue weighted by atomic mass is 32.2. The van der Waals surface area contributed by atoms with Gasteiger partial charge in [-0.2, -0.15) is 0 Å². The summed E-state index contributed by atoms with van der Waals surface area (Å²) in [5.41, 5.74) is 4.27. The van der Waals surface area contributed by atoms with Crippen LogP contribution in [0.5, 0.6) is 11.5 Å². The van der Waals surface area contributed by atoms with Gasteiger partial charge in [-0.25, -0.2) is 4.59 Å². The van der Waals surface area contributed by atoms with Crippen LogP contribution in [0.25, 0.3) is 4.91 Å². The number of piperazine rings is 1. The lowest BCUT2D eigenvalue weighted by atomic mass is 9.90. The first-order chi connectivity index (χ1) is 21.9. The molecule has 4 unspecified atom stereocenters. The molecule has 9 heteroatoms. The Balaban J connectivity index is 1.33. The van der Waals surface area contributed by atoms with Crippen LogP contribution in [0.2, 0.25) is 0 Å². The fourth-order valence-electron chi connectivity index (χ4n) is 6.66. The number of amides is 1. The van der Waals surface area contributed by atoms with Gasteiger partial charge in [0, 0.05) is 24.1 Å². The Bertz CT molecular complexity index is 1590. The number of hydrogen-bond acceptors (Lipinski definition) is 7. The second-order valence-electron chi connectivity index (χ2n) is 11.7. The van der Waals surface area contributed by atoms with E-state index in [9.17, 15) is 9.59 Å². The molecule has 0 aliphatic carbocycles. The molecule has 0 radical (unpaired) electrons. The lowest BCUT2D eigenvalue weighted by molar-refractivity contribution is -1.02. The van der Waals surface area contributed by atoms with Crippen molar-refractivity contribution < 1.29 is 23.7 Å². The average molecular weight is 626 g/mol. The Hall–Kier alpha value is -3.89. The zero-order chi connectivity index (χ0) is 31.4. The molecule has 1 amide bonds. The van der Waals surface area contributed by atoms with Crippen molar-refractivity contribution in [3.05, 3.63) is 113 Å². The molecule has 4 atom stereocenters. The predicted octanol–water partition coefficient (Wildman–Crippen LogP) is 5.13. The van der Waals surface area contributed by atoms with Crippen molar-refractivity contribution >= 4 is 28.4 Å². The molecule has 0 saturated carbocycles. The van der Waals surface area contributed by atoms with E-state index in [0.717, 1.165) is 45.2 Å². The molecule has 0 aromatic heterocycles. The van der Waals surface area contributed by atoms with E-state index in [1.165, 1.54) is 0 Å². The van der Waals surface area contributed by atoms with Gasteiger partial charge < -0.3 is 20.1 Å². The molecule has 0 bridgehead atoms. The quantitative estimate of drug-likeness (QED) is 0.303. The fraction of sp³-hybridized carbons (Fsp3) is 0.333. The molecule has 3 heterocycles. The monoisotopic (exact) mass is 625 g/mol. The summed E-state index contributed by atoms with van der Waals surface area (Å²) in [7, 11) is 1.69. The van der Waals surface area contributed by atoms with E-state index in [2.05, 4.69) is 47.0 Å². The number of allylic oxidation sites excluding steroid dienone is 1. The number of quaternary nitrogens is 1. The summed E-state index contributed by atoms with van der Waals surface area (Å²) in [5, 5.41) is 8.81. The number of ketones is 1. The molecule has 3 aromatic rings. The third kappa shape index (κ3) is 6.31. The van der Waals surface area contributed by atoms with Gasteiger partial charge in [0.05, 0.1) is 32.4 Å². The maximum atomic E-state index is 13.7. The lowest BCUT2D eigenvalue weighted by Crippen LogP contribution is -2.70. The molecule has 45 heavy (non-hydrogen) atoms. The summed E-state index contributed by atoms with van der Waals surface area (Å²) in [6, 6.07) is 25.8. The maximum absolute atomic E-state index is 13.7. The number of carbonyl (C=O) groups excluding carboxylic acids is 2. The SMILES string of the molecule is CCOc1ccc(C2=C(C)C3C(=O)C=C[N+](Cc4ccccc4OC)(N4CCNC(C(=O)NCc5ccccc5)C4)C3S2)cc1. The minimum absolute atomic E-state index is 0.0314. The number of carbonyl (C=O) groups is 2. The van der Waals surface area contributed by atoms with E-state index in [0.29, 0.717) is 37.4 Å². The van der Waals surface area contributed by atoms with E-state index >= 15 is 0 Å². The topological polar surface area (TPSA) is 79.9 Å². The summed E-state index contributed by atoms with van der Waals surface area (Å²) in [4.78, 5) is 28.3. The Morgan fingerprint density at radius 1 is 1.07 bits per heavy atom. The molecule has 8 nitrogen and oxygen atoms in total. The predicted molar refractivity (Wildman–Crippen MR) is 178 cm³/mol. The third-order valence-electron chi connectivity index (χ3n) is 8.94. The zero-order valence-electron chi connectivity index (χ0n) is 26.1. The molecular weight excluding hydrogens is 584 g/mol. The van der Waals surface area contributed by atoms with Crippen molar-refractivity contribution in [2.75, 3.05) is 33.4 Å². The van der Waals surface area contributed by atoms with Gasteiger partial charge in [-0.1, -0.05) is 66.4 Å². The van der Waals surface area contributed by atoms with E-state index in [1.54, 1.807) is 24.9 Å². The Kier molecular flexibility index (Phi) is 9.42. The number of ether oxygens (including phenoxy) is 2. The van der Waals surface area contributed by atoms with Gasteiger partial charge in [0.15, 0.2) is 11.2 Å². The summed E-state index contributed by atoms with van der Waals surface area (Å²) in [5.74, 6) is 1.43. The standard InChI is InChI=1S/C36H40N4O4S/c1-4-44-29-16-14-27(15-17-29)34-25(2)33-31(41)18-21-40(36(33)45-34,24-28-12-8-9-13-32(28)43-3)39-20-19-37-30(23-39)35(42)38-22-26-10-6-5-7-11-26/h5-18,21,30,33,36-37H,4,19-20,22-24H2,1-3H3/p+1. The number of methoxy groups -OCH3 is 1. The number of benzene rings is 3. The molecule has 1 fully saturated rings. The van der Waals surface area contributed by atoms with Gasteiger partial charge in [0.25, 0.3) is 0 Å². The highest BCUT2D eigenvalue weighted by molar-refractivity contribution is 8.09. The largest absolute Gasteiger partial charge is 0.496 e. The minimum atomic E-state index is -0.398. The minimum Gasteiger partial charge on any atom is -0.496 e. The van der Waals surface area contributed by atoms with Crippen molar-refractivity contribution in [3.8, 4) is 11.5 Å². The maximum Gasteiger partial charge on any atom is 0.238 e. The van der Waals surface area contributed by atoms with E-state index in [1.807, 2.05) is 67.6 Å². The lowest BCUT2D eigenvalue weighted by Gasteiger charge is -2.51. The number of para-hydroxylation sites is 1. The Morgan fingerprint density at radius 2 is 1.82 bits per heavy atom. The van der Waals surface area contributed by atoms with Crippen LogP contribution in [0.3, 0.4) is 0 Å². The highest BCUT2D eigenvalue weighted by Gasteiger charge is 2.56. The van der Waals surface area contributed by atoms with Gasteiger partial charge in [-0.05, 0) is 54.8 Å². The van der Waals surface area contributed by atoms with E-state index in [4.69, 9.17) is 9.47 Å². The molecule has 234 valence electrons. The first-order valence-electron chi connectivity index (χ1n) is 15.6. The van der Waals surface area contributed by atoms with Crippen LogP contribution in [-0.2, 0) is 22.7 Å². The molecule has 3 aliphatic heterocycles. The van der Waals surface area contributed by atoms with Crippen molar-refractivity contribution in [2.24, 2.45) is 5.92 Å². The summed E-state index contributed by atoms with van der Waals surface area (Å²) >= 11 is 1.76. The van der Waals surface area contributed by atoms with Crippen LogP contribution < -0.4 is 20.1 Å². The van der Waals surface area contributed by atoms with Crippen molar-refractivity contribution in [2.45, 2.75) is 38.4 Å². The first kappa shape index (κ1) is 31.1. The number of thioether (sulfide) groups is 1. The van der Waals surface area contributed by atoms with Crippen molar-refractivity contribution in [3.63, 3.8) is 0 Å². The van der Waals surface area contributed by atoms with Gasteiger partial charge in [-0.15, -0.1) is 5.01 Å². The number of nitrogens with zero attached hydrogens (tertiary/aromatic N) is 2. The summed E-state index contributed by atoms with van der Waals surface area (Å²) in [6.45, 7) is 7.61. The van der Waals surface area contributed by atoms with Crippen LogP contribution in [0, 0.1) is 5.92 Å². The van der Waals surface area contributed by atoms with Crippen molar-refractivity contribution in [1.29, 1.82) is 0 Å². The van der Waals surface area contributed by atoms with Crippen LogP contribution in [-0.4, -0.2) is 66.1 Å². The zero-order valence-corrected chi connectivity index (χ0v) is 26.9. The van der Waals surface area contributed by atoms with Gasteiger partial charge >= 0.3 is 0 Å². The third-order valence-corrected chi connectivity index (χ3v) is 10.6. The second-order valence-corrected chi connectivity index (χ2v) is 12.8. The van der Waals surface area contributed by atoms with Crippen LogP contribution in [0.15, 0.2) is 96.7 Å². The molecule has 1 saturated heterocycles. The number of hydrogen-bond donors (Lipinski definition) is 2. The molecular formula is C36H41N4O4S+. The van der Waals surface area contributed by atoms with E-state index < -0.39 is 6.04 Å². The highest BCUT2D eigenvalue weighted by Crippen LogP contribution is 2.54. The first-order valence-corrected chi connectivity index (χ1v) is 16.4. The Labute approximate surface area is 269 Å². The fourth-order valence-corrected chi connectivity index (χ4v) is 8.42. The van der Waals surface area contributed by atoms with Crippen LogP contribution >= 0.6 is 11.8 Å². The average Bonchev–Trinajstić information content (AvgIpc) is 3.44. The molecule has 6 rings (SSSR count). The van der Waals surface area contributed by atoms with Crippen LogP contribution in [0.1, 0.15) is 30.5 Å². The number of rotatable bonds is 10. The number of fused-ring (bicyclic) bond motifs is 1. The normalized spacial score (nSPS) is 24.8. The smallest absolute Gasteiger partial charge is 0.238 e. The molecule has 2 N–H and O–H groups in total. The summed E-state index contributed by atoms with van der Waals surface area (Å²) in [6.07, 6.45) is 3.82. The molecule has 0 spiro atoms. The van der Waals surface area contributed by atoms with Gasteiger partial charge in [-0.3, -0.25) is 9.59 Å². The Morgan fingerprint density at radius 3 is 2.58 bits per heavy atom. The molecule has 3 aliphatic rings. The van der Waals surface area contributed by atoms with Gasteiger partial charge in [0.2, 0.25) is 5.91 Å². The molecule has 3 aromatic carbocycles. The number of nitrogens with one attached hydrogen (secondary N) is 2.